The summed E-state index contributed by atoms with van der Waals surface area (Å²) in [5, 5.41) is 0. The smallest absolute Gasteiger partial charge is 0.133 e. The van der Waals surface area contributed by atoms with E-state index in [4.69, 9.17) is 5.73 Å². The number of hydrogen-bond donors (Lipinski definition) is 2. The van der Waals surface area contributed by atoms with Gasteiger partial charge in [-0.1, -0.05) is 0 Å². The van der Waals surface area contributed by atoms with E-state index in [0.717, 1.165) is 11.5 Å². The Hall–Kier alpha value is -0.900. The minimum Gasteiger partial charge on any atom is -0.346 e. The number of H-pyrrole nitrogens is 1. The van der Waals surface area contributed by atoms with E-state index in [1.807, 2.05) is 13.8 Å². The van der Waals surface area contributed by atoms with Crippen LogP contribution in [-0.2, 0) is 13.1 Å². The van der Waals surface area contributed by atoms with Gasteiger partial charge in [-0.2, -0.15) is 0 Å². The highest BCUT2D eigenvalue weighted by Crippen LogP contribution is 2.07. The molecule has 4 heteroatoms. The second kappa shape index (κ2) is 3.67. The summed E-state index contributed by atoms with van der Waals surface area (Å²) in [7, 11) is 0. The fourth-order valence-electron chi connectivity index (χ4n) is 1.10. The first-order valence-electron chi connectivity index (χ1n) is 3.99. The summed E-state index contributed by atoms with van der Waals surface area (Å²) in [6.07, 6.45) is 0.668. The number of nitrogens with zero attached hydrogens (tertiary/aromatic N) is 1. The van der Waals surface area contributed by atoms with Crippen molar-refractivity contribution in [2.24, 2.45) is 5.73 Å². The van der Waals surface area contributed by atoms with Crippen LogP contribution in [0.25, 0.3) is 0 Å². The standard InChI is InChI=1S/C8H14FN3/c1-5(10)3-8-11-6(2)7(4-9)12-8/h5H,3-4,10H2,1-2H3,(H,11,12). The van der Waals surface area contributed by atoms with Gasteiger partial charge in [0.05, 0.1) is 5.69 Å². The molecule has 1 unspecified atom stereocenters. The maximum absolute atomic E-state index is 12.2. The molecule has 1 heterocycles. The van der Waals surface area contributed by atoms with Crippen LogP contribution in [0.2, 0.25) is 0 Å². The lowest BCUT2D eigenvalue weighted by Crippen LogP contribution is -2.18. The molecule has 0 amide bonds. The van der Waals surface area contributed by atoms with Crippen molar-refractivity contribution in [1.82, 2.24) is 9.97 Å². The van der Waals surface area contributed by atoms with Crippen LogP contribution in [0.1, 0.15) is 24.1 Å². The first-order valence-corrected chi connectivity index (χ1v) is 3.99. The molecule has 0 aliphatic carbocycles. The third-order valence-electron chi connectivity index (χ3n) is 1.68. The molecule has 3 N–H and O–H groups in total. The summed E-state index contributed by atoms with van der Waals surface area (Å²) in [4.78, 5) is 7.05. The van der Waals surface area contributed by atoms with Crippen molar-refractivity contribution >= 4 is 0 Å². The van der Waals surface area contributed by atoms with Crippen LogP contribution in [0.5, 0.6) is 0 Å². The molecule has 68 valence electrons. The monoisotopic (exact) mass is 171 g/mol. The molecule has 0 aliphatic heterocycles. The van der Waals surface area contributed by atoms with Crippen molar-refractivity contribution in [3.05, 3.63) is 17.2 Å². The topological polar surface area (TPSA) is 54.7 Å². The predicted molar refractivity (Wildman–Crippen MR) is 45.5 cm³/mol. The van der Waals surface area contributed by atoms with Crippen molar-refractivity contribution in [3.8, 4) is 0 Å². The van der Waals surface area contributed by atoms with Gasteiger partial charge in [-0.25, -0.2) is 9.37 Å². The van der Waals surface area contributed by atoms with E-state index in [2.05, 4.69) is 9.97 Å². The molecular weight excluding hydrogens is 157 g/mol. The fraction of sp³-hybridized carbons (Fsp3) is 0.625. The van der Waals surface area contributed by atoms with Crippen molar-refractivity contribution < 1.29 is 4.39 Å². The number of hydrogen-bond acceptors (Lipinski definition) is 2. The first kappa shape index (κ1) is 9.19. The Balaban J connectivity index is 2.75. The van der Waals surface area contributed by atoms with Crippen molar-refractivity contribution in [2.75, 3.05) is 0 Å². The number of nitrogens with two attached hydrogens (primary N) is 1. The highest BCUT2D eigenvalue weighted by Gasteiger charge is 2.06. The SMILES string of the molecule is Cc1[nH]c(CC(C)N)nc1CF. The molecule has 0 radical (unpaired) electrons. The van der Waals surface area contributed by atoms with Gasteiger partial charge in [-0.3, -0.25) is 0 Å². The van der Waals surface area contributed by atoms with Gasteiger partial charge in [-0.05, 0) is 13.8 Å². The largest absolute Gasteiger partial charge is 0.346 e. The van der Waals surface area contributed by atoms with Crippen LogP contribution < -0.4 is 5.73 Å². The number of aromatic nitrogens is 2. The van der Waals surface area contributed by atoms with E-state index >= 15 is 0 Å². The summed E-state index contributed by atoms with van der Waals surface area (Å²) in [5.74, 6) is 0.773. The molecule has 0 saturated heterocycles. The number of rotatable bonds is 3. The van der Waals surface area contributed by atoms with Gasteiger partial charge < -0.3 is 10.7 Å². The van der Waals surface area contributed by atoms with Crippen LogP contribution in [0.4, 0.5) is 4.39 Å². The van der Waals surface area contributed by atoms with Gasteiger partial charge in [-0.15, -0.1) is 0 Å². The molecule has 1 rings (SSSR count). The molecule has 0 fully saturated rings. The van der Waals surface area contributed by atoms with Gasteiger partial charge in [0.15, 0.2) is 0 Å². The number of imidazole rings is 1. The number of aromatic amines is 1. The quantitative estimate of drug-likeness (QED) is 0.715. The zero-order chi connectivity index (χ0) is 9.14. The zero-order valence-electron chi connectivity index (χ0n) is 7.39. The van der Waals surface area contributed by atoms with Crippen LogP contribution in [0, 0.1) is 6.92 Å². The summed E-state index contributed by atoms with van der Waals surface area (Å²) in [6, 6.07) is 0.0583. The van der Waals surface area contributed by atoms with Gasteiger partial charge in [0.2, 0.25) is 0 Å². The highest BCUT2D eigenvalue weighted by molar-refractivity contribution is 5.12. The summed E-state index contributed by atoms with van der Waals surface area (Å²) in [6.45, 7) is 3.20. The molecule has 1 aromatic heterocycles. The molecular formula is C8H14FN3. The number of halogens is 1. The molecule has 3 nitrogen and oxygen atoms in total. The molecule has 0 bridgehead atoms. The van der Waals surface area contributed by atoms with Gasteiger partial charge in [0, 0.05) is 18.2 Å². The zero-order valence-corrected chi connectivity index (χ0v) is 7.39. The van der Waals surface area contributed by atoms with Gasteiger partial charge in [0.1, 0.15) is 12.5 Å². The van der Waals surface area contributed by atoms with Crippen molar-refractivity contribution in [3.63, 3.8) is 0 Å². The number of alkyl halides is 1. The van der Waals surface area contributed by atoms with E-state index in [9.17, 15) is 4.39 Å². The Morgan fingerprint density at radius 2 is 2.33 bits per heavy atom. The normalized spacial score (nSPS) is 13.3. The van der Waals surface area contributed by atoms with Crippen LogP contribution in [0.3, 0.4) is 0 Å². The summed E-state index contributed by atoms with van der Waals surface area (Å²) < 4.78 is 12.2. The molecule has 0 saturated carbocycles. The second-order valence-corrected chi connectivity index (χ2v) is 3.07. The average molecular weight is 171 g/mol. The molecule has 0 aliphatic rings. The second-order valence-electron chi connectivity index (χ2n) is 3.07. The third kappa shape index (κ3) is 2.04. The molecule has 0 aromatic carbocycles. The minimum atomic E-state index is -0.513. The fourth-order valence-corrected chi connectivity index (χ4v) is 1.10. The molecule has 1 atom stereocenters. The first-order chi connectivity index (χ1) is 5.63. The van der Waals surface area contributed by atoms with Crippen LogP contribution >= 0.6 is 0 Å². The van der Waals surface area contributed by atoms with E-state index in [0.29, 0.717) is 12.1 Å². The Kier molecular flexibility index (Phi) is 2.81. The van der Waals surface area contributed by atoms with E-state index in [1.165, 1.54) is 0 Å². The number of aryl methyl sites for hydroxylation is 1. The summed E-state index contributed by atoms with van der Waals surface area (Å²) >= 11 is 0. The average Bonchev–Trinajstić information content (AvgIpc) is 2.29. The lowest BCUT2D eigenvalue weighted by Gasteiger charge is -1.99. The summed E-state index contributed by atoms with van der Waals surface area (Å²) in [5.41, 5.74) is 6.86. The Bertz CT molecular complexity index is 255. The number of nitrogens with one attached hydrogen (secondary N) is 1. The third-order valence-corrected chi connectivity index (χ3v) is 1.68. The molecule has 12 heavy (non-hydrogen) atoms. The van der Waals surface area contributed by atoms with E-state index in [1.54, 1.807) is 0 Å². The van der Waals surface area contributed by atoms with E-state index < -0.39 is 6.67 Å². The Morgan fingerprint density at radius 1 is 1.67 bits per heavy atom. The highest BCUT2D eigenvalue weighted by atomic mass is 19.1. The van der Waals surface area contributed by atoms with Crippen LogP contribution in [-0.4, -0.2) is 16.0 Å². The maximum Gasteiger partial charge on any atom is 0.133 e. The maximum atomic E-state index is 12.2. The molecule has 1 aromatic rings. The van der Waals surface area contributed by atoms with E-state index in [-0.39, 0.29) is 6.04 Å². The van der Waals surface area contributed by atoms with Gasteiger partial charge >= 0.3 is 0 Å². The minimum absolute atomic E-state index is 0.0583. The predicted octanol–water partition coefficient (Wildman–Crippen LogP) is 1.08. The lowest BCUT2D eigenvalue weighted by atomic mass is 10.2. The van der Waals surface area contributed by atoms with Crippen LogP contribution in [0.15, 0.2) is 0 Å². The Morgan fingerprint density at radius 3 is 2.75 bits per heavy atom. The Labute approximate surface area is 71.2 Å². The lowest BCUT2D eigenvalue weighted by molar-refractivity contribution is 0.475. The van der Waals surface area contributed by atoms with Gasteiger partial charge in [0.25, 0.3) is 0 Å². The molecule has 0 spiro atoms. The van der Waals surface area contributed by atoms with Crippen molar-refractivity contribution in [2.45, 2.75) is 33.0 Å². The van der Waals surface area contributed by atoms with Crippen molar-refractivity contribution in [1.29, 1.82) is 0 Å².